The summed E-state index contributed by atoms with van der Waals surface area (Å²) in [6.45, 7) is 4.40. The van der Waals surface area contributed by atoms with E-state index in [4.69, 9.17) is 4.52 Å². The van der Waals surface area contributed by atoms with Gasteiger partial charge in [-0.25, -0.2) is 0 Å². The maximum absolute atomic E-state index is 13.0. The molecule has 0 saturated heterocycles. The Morgan fingerprint density at radius 2 is 2.12 bits per heavy atom. The monoisotopic (exact) mass is 354 g/mol. The van der Waals surface area contributed by atoms with Gasteiger partial charge >= 0.3 is 0 Å². The van der Waals surface area contributed by atoms with Crippen molar-refractivity contribution < 1.29 is 9.32 Å². The van der Waals surface area contributed by atoms with Gasteiger partial charge in [-0.15, -0.1) is 0 Å². The lowest BCUT2D eigenvalue weighted by Gasteiger charge is -2.29. The Balaban J connectivity index is 1.51. The Morgan fingerprint density at radius 1 is 1.35 bits per heavy atom. The topological polar surface area (TPSA) is 71.3 Å². The number of benzene rings is 1. The van der Waals surface area contributed by atoms with Gasteiger partial charge in [0, 0.05) is 18.2 Å². The largest absolute Gasteiger partial charge is 0.339 e. The van der Waals surface area contributed by atoms with Crippen molar-refractivity contribution >= 4 is 11.6 Å². The first-order valence-corrected chi connectivity index (χ1v) is 9.61. The lowest BCUT2D eigenvalue weighted by Crippen LogP contribution is -2.48. The molecule has 1 aromatic heterocycles. The Morgan fingerprint density at radius 3 is 2.85 bits per heavy atom. The summed E-state index contributed by atoms with van der Waals surface area (Å²) in [6.07, 6.45) is 5.74. The van der Waals surface area contributed by atoms with Crippen molar-refractivity contribution in [3.63, 3.8) is 0 Å². The van der Waals surface area contributed by atoms with Crippen LogP contribution >= 0.6 is 0 Å². The lowest BCUT2D eigenvalue weighted by atomic mass is 9.96. The van der Waals surface area contributed by atoms with Crippen LogP contribution in [0.4, 0.5) is 5.69 Å². The maximum atomic E-state index is 13.0. The third-order valence-corrected chi connectivity index (χ3v) is 5.71. The van der Waals surface area contributed by atoms with E-state index in [1.807, 2.05) is 30.0 Å². The molecular weight excluding hydrogens is 328 g/mol. The summed E-state index contributed by atoms with van der Waals surface area (Å²) in [7, 11) is 0. The fourth-order valence-corrected chi connectivity index (χ4v) is 4.33. The average molecular weight is 354 g/mol. The van der Waals surface area contributed by atoms with Gasteiger partial charge in [0.25, 0.3) is 0 Å². The van der Waals surface area contributed by atoms with Gasteiger partial charge in [0.15, 0.2) is 5.82 Å². The molecule has 2 aliphatic rings. The Hall–Kier alpha value is -2.21. The van der Waals surface area contributed by atoms with Gasteiger partial charge in [-0.2, -0.15) is 4.98 Å². The second-order valence-corrected chi connectivity index (χ2v) is 7.45. The fraction of sp³-hybridized carbons (Fsp3) is 0.550. The molecule has 0 radical (unpaired) electrons. The number of nitrogens with zero attached hydrogens (tertiary/aromatic N) is 3. The molecule has 1 N–H and O–H groups in total. The number of fused-ring (bicyclic) bond motifs is 1. The maximum Gasteiger partial charge on any atom is 0.241 e. The first kappa shape index (κ1) is 17.2. The van der Waals surface area contributed by atoms with E-state index in [9.17, 15) is 4.79 Å². The van der Waals surface area contributed by atoms with Gasteiger partial charge in [-0.05, 0) is 37.8 Å². The van der Waals surface area contributed by atoms with E-state index in [1.54, 1.807) is 0 Å². The van der Waals surface area contributed by atoms with Crippen LogP contribution in [0.2, 0.25) is 0 Å². The SMILES string of the molecule is CCc1nc(C2(NCC(=O)N3c4ccccc4CC3C)CCCC2)no1. The van der Waals surface area contributed by atoms with Crippen LogP contribution in [0.5, 0.6) is 0 Å². The van der Waals surface area contributed by atoms with Crippen LogP contribution in [0, 0.1) is 0 Å². The predicted molar refractivity (Wildman–Crippen MR) is 98.9 cm³/mol. The zero-order valence-electron chi connectivity index (χ0n) is 15.5. The van der Waals surface area contributed by atoms with Crippen molar-refractivity contribution in [3.05, 3.63) is 41.5 Å². The standard InChI is InChI=1S/C20H26N4O2/c1-3-17-22-19(23-26-17)20(10-6-7-11-20)21-13-18(25)24-14(2)12-15-8-4-5-9-16(15)24/h4-5,8-9,14,21H,3,6-7,10-13H2,1-2H3. The number of rotatable bonds is 5. The van der Waals surface area contributed by atoms with E-state index in [1.165, 1.54) is 5.56 Å². The first-order chi connectivity index (χ1) is 12.6. The smallest absolute Gasteiger partial charge is 0.241 e. The van der Waals surface area contributed by atoms with Crippen molar-refractivity contribution in [1.29, 1.82) is 0 Å². The zero-order chi connectivity index (χ0) is 18.1. The van der Waals surface area contributed by atoms with E-state index in [-0.39, 0.29) is 24.0 Å². The first-order valence-electron chi connectivity index (χ1n) is 9.61. The van der Waals surface area contributed by atoms with Crippen LogP contribution < -0.4 is 10.2 Å². The van der Waals surface area contributed by atoms with E-state index in [0.29, 0.717) is 11.7 Å². The number of anilines is 1. The van der Waals surface area contributed by atoms with Crippen LogP contribution in [0.1, 0.15) is 56.8 Å². The summed E-state index contributed by atoms with van der Waals surface area (Å²) in [5, 5.41) is 7.69. The molecule has 4 rings (SSSR count). The summed E-state index contributed by atoms with van der Waals surface area (Å²) in [5.74, 6) is 1.46. The summed E-state index contributed by atoms with van der Waals surface area (Å²) in [5.41, 5.74) is 1.95. The van der Waals surface area contributed by atoms with Crippen LogP contribution in [0.3, 0.4) is 0 Å². The molecule has 1 atom stereocenters. The minimum Gasteiger partial charge on any atom is -0.339 e. The summed E-state index contributed by atoms with van der Waals surface area (Å²) in [6, 6.07) is 8.37. The van der Waals surface area contributed by atoms with Crippen molar-refractivity contribution in [2.24, 2.45) is 0 Å². The molecule has 138 valence electrons. The number of carbonyl (C=O) groups excluding carboxylic acids is 1. The Labute approximate surface area is 154 Å². The number of para-hydroxylation sites is 1. The molecule has 0 spiro atoms. The highest BCUT2D eigenvalue weighted by Gasteiger charge is 2.41. The molecule has 1 amide bonds. The summed E-state index contributed by atoms with van der Waals surface area (Å²) >= 11 is 0. The zero-order valence-corrected chi connectivity index (χ0v) is 15.5. The van der Waals surface area contributed by atoms with Gasteiger partial charge in [0.05, 0.1) is 12.1 Å². The molecule has 26 heavy (non-hydrogen) atoms. The number of aryl methyl sites for hydroxylation is 1. The van der Waals surface area contributed by atoms with E-state index < -0.39 is 0 Å². The molecule has 1 aromatic carbocycles. The quantitative estimate of drug-likeness (QED) is 0.894. The molecule has 6 heteroatoms. The normalized spacial score (nSPS) is 21.2. The molecule has 1 saturated carbocycles. The number of aromatic nitrogens is 2. The number of hydrogen-bond donors (Lipinski definition) is 1. The summed E-state index contributed by atoms with van der Waals surface area (Å²) < 4.78 is 5.32. The molecule has 1 fully saturated rings. The number of amides is 1. The highest BCUT2D eigenvalue weighted by atomic mass is 16.5. The minimum absolute atomic E-state index is 0.105. The van der Waals surface area contributed by atoms with Crippen molar-refractivity contribution in [3.8, 4) is 0 Å². The number of hydrogen-bond acceptors (Lipinski definition) is 5. The molecule has 2 aromatic rings. The number of nitrogens with one attached hydrogen (secondary N) is 1. The summed E-state index contributed by atoms with van der Waals surface area (Å²) in [4.78, 5) is 19.5. The van der Waals surface area contributed by atoms with Crippen molar-refractivity contribution in [1.82, 2.24) is 15.5 Å². The van der Waals surface area contributed by atoms with Crippen LogP contribution in [-0.4, -0.2) is 28.6 Å². The van der Waals surface area contributed by atoms with Crippen molar-refractivity contribution in [2.45, 2.75) is 64.0 Å². The molecule has 0 bridgehead atoms. The molecule has 1 unspecified atom stereocenters. The molecular formula is C20H26N4O2. The minimum atomic E-state index is -0.338. The van der Waals surface area contributed by atoms with E-state index in [2.05, 4.69) is 28.4 Å². The highest BCUT2D eigenvalue weighted by molar-refractivity contribution is 5.97. The van der Waals surface area contributed by atoms with Gasteiger partial charge in [-0.3, -0.25) is 10.1 Å². The fourth-order valence-electron chi connectivity index (χ4n) is 4.33. The molecule has 1 aliphatic carbocycles. The van der Waals surface area contributed by atoms with Gasteiger partial charge in [0.2, 0.25) is 11.8 Å². The van der Waals surface area contributed by atoms with E-state index in [0.717, 1.165) is 44.2 Å². The average Bonchev–Trinajstić information content (AvgIpc) is 3.37. The third-order valence-electron chi connectivity index (χ3n) is 5.71. The van der Waals surface area contributed by atoms with Gasteiger partial charge < -0.3 is 9.42 Å². The molecule has 6 nitrogen and oxygen atoms in total. The second-order valence-electron chi connectivity index (χ2n) is 7.45. The lowest BCUT2D eigenvalue weighted by molar-refractivity contribution is -0.118. The van der Waals surface area contributed by atoms with E-state index >= 15 is 0 Å². The van der Waals surface area contributed by atoms with Crippen LogP contribution in [0.15, 0.2) is 28.8 Å². The highest BCUT2D eigenvalue weighted by Crippen LogP contribution is 2.37. The van der Waals surface area contributed by atoms with Crippen molar-refractivity contribution in [2.75, 3.05) is 11.4 Å². The number of carbonyl (C=O) groups is 1. The van der Waals surface area contributed by atoms with Crippen LogP contribution in [-0.2, 0) is 23.2 Å². The molecule has 1 aliphatic heterocycles. The van der Waals surface area contributed by atoms with Crippen LogP contribution in [0.25, 0.3) is 0 Å². The Bertz CT molecular complexity index is 795. The van der Waals surface area contributed by atoms with Gasteiger partial charge in [-0.1, -0.05) is 43.1 Å². The third kappa shape index (κ3) is 2.92. The second kappa shape index (κ2) is 6.83. The molecule has 2 heterocycles. The Kier molecular flexibility index (Phi) is 4.53. The predicted octanol–water partition coefficient (Wildman–Crippen LogP) is 2.97. The van der Waals surface area contributed by atoms with Gasteiger partial charge in [0.1, 0.15) is 0 Å².